The quantitative estimate of drug-likeness (QED) is 0.174. The van der Waals surface area contributed by atoms with E-state index in [0.29, 0.717) is 24.8 Å². The lowest BCUT2D eigenvalue weighted by Crippen LogP contribution is -2.15. The van der Waals surface area contributed by atoms with Gasteiger partial charge in [0.1, 0.15) is 17.1 Å². The highest BCUT2D eigenvalue weighted by Gasteiger charge is 2.18. The maximum Gasteiger partial charge on any atom is 0.167 e. The fourth-order valence-electron chi connectivity index (χ4n) is 5.02. The molecule has 6 nitrogen and oxygen atoms in total. The molecule has 5 rings (SSSR count). The van der Waals surface area contributed by atoms with Crippen LogP contribution in [0.3, 0.4) is 0 Å². The van der Waals surface area contributed by atoms with E-state index in [-0.39, 0.29) is 17.0 Å². The molecule has 0 unspecified atom stereocenters. The van der Waals surface area contributed by atoms with Crippen molar-refractivity contribution in [1.29, 1.82) is 0 Å². The zero-order valence-electron chi connectivity index (χ0n) is 24.2. The maximum atomic E-state index is 13.3. The van der Waals surface area contributed by atoms with Crippen LogP contribution in [0.2, 0.25) is 0 Å². The predicted octanol–water partition coefficient (Wildman–Crippen LogP) is 6.51. The molecular formula is C35H34N4O2. The van der Waals surface area contributed by atoms with Gasteiger partial charge in [0.15, 0.2) is 5.78 Å². The van der Waals surface area contributed by atoms with Gasteiger partial charge in [-0.2, -0.15) is 0 Å². The zero-order valence-corrected chi connectivity index (χ0v) is 24.2. The minimum absolute atomic E-state index is 0.0367. The minimum Gasteiger partial charge on any atom is -0.306 e. The first-order valence-corrected chi connectivity index (χ1v) is 13.8. The monoisotopic (exact) mass is 542 g/mol. The molecule has 6 heteroatoms. The summed E-state index contributed by atoms with van der Waals surface area (Å²) in [5.74, 6) is 6.72. The molecule has 0 amide bonds. The first-order valence-electron chi connectivity index (χ1n) is 13.8. The van der Waals surface area contributed by atoms with Crippen molar-refractivity contribution in [3.05, 3.63) is 119 Å². The number of benzene rings is 2. The first-order chi connectivity index (χ1) is 19.6. The topological polar surface area (TPSA) is 69.3 Å². The molecule has 0 aliphatic carbocycles. The van der Waals surface area contributed by atoms with Crippen LogP contribution in [0.5, 0.6) is 0 Å². The average Bonchev–Trinajstić information content (AvgIpc) is 3.58. The van der Waals surface area contributed by atoms with Crippen molar-refractivity contribution in [1.82, 2.24) is 18.9 Å². The fraction of sp³-hybridized carbons (Fsp3) is 0.257. The van der Waals surface area contributed by atoms with Crippen LogP contribution < -0.4 is 0 Å². The Hall–Kier alpha value is -4.76. The largest absolute Gasteiger partial charge is 0.306 e. The third kappa shape index (κ3) is 6.70. The Morgan fingerprint density at radius 2 is 1.78 bits per heavy atom. The van der Waals surface area contributed by atoms with Gasteiger partial charge in [-0.1, -0.05) is 51.0 Å². The van der Waals surface area contributed by atoms with Gasteiger partial charge in [-0.25, -0.2) is 9.97 Å². The van der Waals surface area contributed by atoms with Gasteiger partial charge in [0.2, 0.25) is 0 Å². The predicted molar refractivity (Wildman–Crippen MR) is 161 cm³/mol. The molecule has 2 aromatic carbocycles. The number of nitrogens with zero attached hydrogens (tertiary/aromatic N) is 4. The Kier molecular flexibility index (Phi) is 7.72. The minimum atomic E-state index is -0.0501. The Morgan fingerprint density at radius 3 is 2.54 bits per heavy atom. The Bertz CT molecular complexity index is 1810. The Labute approximate surface area is 241 Å². The molecule has 0 spiro atoms. The Morgan fingerprint density at radius 1 is 0.951 bits per heavy atom. The zero-order chi connectivity index (χ0) is 29.1. The van der Waals surface area contributed by atoms with Gasteiger partial charge in [0, 0.05) is 60.2 Å². The smallest absolute Gasteiger partial charge is 0.167 e. The van der Waals surface area contributed by atoms with E-state index < -0.39 is 0 Å². The summed E-state index contributed by atoms with van der Waals surface area (Å²) in [6.07, 6.45) is 10.2. The van der Waals surface area contributed by atoms with Gasteiger partial charge >= 0.3 is 0 Å². The molecule has 5 aromatic rings. The lowest BCUT2D eigenvalue weighted by molar-refractivity contribution is -0.120. The number of carbonyl (C=O) groups excluding carboxylic acids is 2. The van der Waals surface area contributed by atoms with Crippen molar-refractivity contribution >= 4 is 17.2 Å². The third-order valence-corrected chi connectivity index (χ3v) is 6.91. The fourth-order valence-corrected chi connectivity index (χ4v) is 5.02. The van der Waals surface area contributed by atoms with Crippen LogP contribution in [0.25, 0.3) is 11.3 Å². The summed E-state index contributed by atoms with van der Waals surface area (Å²) < 4.78 is 3.86. The molecular weight excluding hydrogens is 508 g/mol. The van der Waals surface area contributed by atoms with E-state index in [2.05, 4.69) is 48.6 Å². The van der Waals surface area contributed by atoms with E-state index >= 15 is 0 Å². The van der Waals surface area contributed by atoms with Crippen LogP contribution in [0.15, 0.2) is 79.6 Å². The SMILES string of the molecule is Cc1cc(CC(=O)c2ccc(C)c(C#Cc3cnc4c(CC(=O)CC(C)(C)C)cccn34)c2)cc(-n2ccnc2)c1. The maximum absolute atomic E-state index is 13.3. The van der Waals surface area contributed by atoms with Crippen molar-refractivity contribution in [3.8, 4) is 17.5 Å². The summed E-state index contributed by atoms with van der Waals surface area (Å²) in [5.41, 5.74) is 7.76. The summed E-state index contributed by atoms with van der Waals surface area (Å²) >= 11 is 0. The van der Waals surface area contributed by atoms with Crippen LogP contribution in [0, 0.1) is 31.1 Å². The molecule has 206 valence electrons. The van der Waals surface area contributed by atoms with Crippen LogP contribution in [-0.4, -0.2) is 30.5 Å². The van der Waals surface area contributed by atoms with E-state index in [4.69, 9.17) is 0 Å². The summed E-state index contributed by atoms with van der Waals surface area (Å²) in [6.45, 7) is 10.2. The van der Waals surface area contributed by atoms with Crippen molar-refractivity contribution in [2.24, 2.45) is 5.41 Å². The van der Waals surface area contributed by atoms with Crippen molar-refractivity contribution in [2.75, 3.05) is 0 Å². The van der Waals surface area contributed by atoms with Crippen molar-refractivity contribution < 1.29 is 9.59 Å². The lowest BCUT2D eigenvalue weighted by atomic mass is 9.88. The standard InChI is InChI=1S/C35H34N4O2/c1-24-15-26(17-31(16-24)38-14-12-36-23-38)18-33(41)28-9-8-25(2)27(19-28)10-11-30-22-37-34-29(7-6-13-39(30)34)20-32(40)21-35(3,4)5/h6-9,12-17,19,22-23H,18,20-21H2,1-5H3. The normalized spacial score (nSPS) is 11.3. The highest BCUT2D eigenvalue weighted by molar-refractivity contribution is 5.98. The number of aromatic nitrogens is 4. The molecule has 0 aliphatic rings. The summed E-state index contributed by atoms with van der Waals surface area (Å²) in [4.78, 5) is 34.6. The molecule has 41 heavy (non-hydrogen) atoms. The molecule has 0 radical (unpaired) electrons. The molecule has 0 bridgehead atoms. The Balaban J connectivity index is 1.37. The van der Waals surface area contributed by atoms with Crippen molar-refractivity contribution in [3.63, 3.8) is 0 Å². The van der Waals surface area contributed by atoms with Gasteiger partial charge in [-0.3, -0.25) is 14.0 Å². The number of ketones is 2. The van der Waals surface area contributed by atoms with E-state index in [1.165, 1.54) is 0 Å². The molecule has 0 atom stereocenters. The number of aryl methyl sites for hydroxylation is 2. The van der Waals surface area contributed by atoms with E-state index in [1.807, 2.05) is 77.7 Å². The molecule has 3 aromatic heterocycles. The summed E-state index contributed by atoms with van der Waals surface area (Å²) in [6, 6.07) is 15.7. The number of carbonyl (C=O) groups is 2. The summed E-state index contributed by atoms with van der Waals surface area (Å²) in [7, 11) is 0. The van der Waals surface area contributed by atoms with E-state index in [9.17, 15) is 9.59 Å². The van der Waals surface area contributed by atoms with Gasteiger partial charge in [0.05, 0.1) is 12.5 Å². The first kappa shape index (κ1) is 27.8. The second-order valence-corrected chi connectivity index (χ2v) is 11.8. The molecule has 0 saturated carbocycles. The molecule has 3 heterocycles. The van der Waals surface area contributed by atoms with Gasteiger partial charge in [-0.05, 0) is 66.1 Å². The van der Waals surface area contributed by atoms with E-state index in [1.54, 1.807) is 18.7 Å². The van der Waals surface area contributed by atoms with Crippen LogP contribution in [-0.2, 0) is 17.6 Å². The van der Waals surface area contributed by atoms with Gasteiger partial charge in [-0.15, -0.1) is 0 Å². The number of Topliss-reactive ketones (excluding diaryl/α,β-unsaturated/α-hetero) is 2. The average molecular weight is 543 g/mol. The van der Waals surface area contributed by atoms with E-state index in [0.717, 1.165) is 44.8 Å². The molecule has 0 N–H and O–H groups in total. The second kappa shape index (κ2) is 11.4. The van der Waals surface area contributed by atoms with Crippen molar-refractivity contribution in [2.45, 2.75) is 53.9 Å². The van der Waals surface area contributed by atoms with Gasteiger partial charge in [0.25, 0.3) is 0 Å². The number of imidazole rings is 2. The molecule has 0 saturated heterocycles. The highest BCUT2D eigenvalue weighted by atomic mass is 16.1. The van der Waals surface area contributed by atoms with Crippen LogP contribution in [0.1, 0.15) is 71.1 Å². The lowest BCUT2D eigenvalue weighted by Gasteiger charge is -2.16. The number of hydrogen-bond acceptors (Lipinski definition) is 4. The number of pyridine rings is 1. The number of rotatable bonds is 7. The third-order valence-electron chi connectivity index (χ3n) is 6.91. The van der Waals surface area contributed by atoms with Crippen LogP contribution in [0.4, 0.5) is 0 Å². The molecule has 0 aliphatic heterocycles. The second-order valence-electron chi connectivity index (χ2n) is 11.8. The van der Waals surface area contributed by atoms with Gasteiger partial charge < -0.3 is 4.57 Å². The van der Waals surface area contributed by atoms with Crippen LogP contribution >= 0.6 is 0 Å². The number of fused-ring (bicyclic) bond motifs is 1. The highest BCUT2D eigenvalue weighted by Crippen LogP contribution is 2.22. The summed E-state index contributed by atoms with van der Waals surface area (Å²) in [5, 5.41) is 0. The molecule has 0 fully saturated rings. The number of hydrogen-bond donors (Lipinski definition) is 0.